The van der Waals surface area contributed by atoms with Crippen LogP contribution in [0.15, 0.2) is 42.5 Å². The summed E-state index contributed by atoms with van der Waals surface area (Å²) in [5, 5.41) is 4.00. The van der Waals surface area contributed by atoms with Crippen molar-refractivity contribution in [1.29, 1.82) is 0 Å². The van der Waals surface area contributed by atoms with Crippen LogP contribution in [-0.4, -0.2) is 23.3 Å². The molecule has 0 radical (unpaired) electrons. The average molecular weight is 434 g/mol. The third-order valence-electron chi connectivity index (χ3n) is 5.99. The van der Waals surface area contributed by atoms with E-state index in [-0.39, 0.29) is 24.2 Å². The Hall–Kier alpha value is -2.99. The molecule has 3 aromatic rings. The molecule has 1 atom stereocenters. The number of carbonyl (C=O) groups is 2. The maximum Gasteiger partial charge on any atom is 0.227 e. The second-order valence-corrected chi connectivity index (χ2v) is 9.32. The average Bonchev–Trinajstić information content (AvgIpc) is 3.31. The number of nitrogens with one attached hydrogen (secondary N) is 1. The molecule has 2 heterocycles. The van der Waals surface area contributed by atoms with Crippen molar-refractivity contribution in [3.05, 3.63) is 69.7 Å². The number of anilines is 1. The molecule has 1 aliphatic heterocycles. The summed E-state index contributed by atoms with van der Waals surface area (Å²) in [7, 11) is 0. The summed E-state index contributed by atoms with van der Waals surface area (Å²) in [6.45, 7) is 8.98. The molecule has 160 valence electrons. The fourth-order valence-electron chi connectivity index (χ4n) is 3.86. The van der Waals surface area contributed by atoms with Crippen molar-refractivity contribution in [3.8, 4) is 10.6 Å². The second-order valence-electron chi connectivity index (χ2n) is 8.23. The van der Waals surface area contributed by atoms with Crippen LogP contribution in [0.2, 0.25) is 0 Å². The van der Waals surface area contributed by atoms with E-state index in [1.54, 1.807) is 16.2 Å². The predicted molar refractivity (Wildman–Crippen MR) is 125 cm³/mol. The molecule has 0 saturated carbocycles. The van der Waals surface area contributed by atoms with E-state index in [1.807, 2.05) is 51.1 Å². The molecule has 1 aliphatic rings. The summed E-state index contributed by atoms with van der Waals surface area (Å²) >= 11 is 1.61. The van der Waals surface area contributed by atoms with Gasteiger partial charge in [0.1, 0.15) is 5.01 Å². The van der Waals surface area contributed by atoms with Crippen LogP contribution in [0.3, 0.4) is 0 Å². The smallest absolute Gasteiger partial charge is 0.227 e. The van der Waals surface area contributed by atoms with E-state index in [2.05, 4.69) is 24.4 Å². The van der Waals surface area contributed by atoms with E-state index in [0.29, 0.717) is 13.1 Å². The summed E-state index contributed by atoms with van der Waals surface area (Å²) in [4.78, 5) is 32.8. The normalized spacial score (nSPS) is 16.1. The highest BCUT2D eigenvalue weighted by atomic mass is 32.1. The molecule has 1 aromatic heterocycles. The Labute approximate surface area is 187 Å². The standard InChI is InChI=1S/C25H27N3O2S/c1-15-9-10-20(11-17(15)3)28-14-19(12-23(28)29)24(30)26-13-22-18(4)27-25(31-22)21-8-6-5-7-16(21)2/h5-11,19H,12-14H2,1-4H3,(H,26,30). The predicted octanol–water partition coefficient (Wildman–Crippen LogP) is 4.71. The van der Waals surface area contributed by atoms with Crippen molar-refractivity contribution in [2.24, 2.45) is 5.92 Å². The van der Waals surface area contributed by atoms with Crippen LogP contribution in [0.4, 0.5) is 5.69 Å². The van der Waals surface area contributed by atoms with Gasteiger partial charge in [-0.3, -0.25) is 9.59 Å². The molecular weight excluding hydrogens is 406 g/mol. The Morgan fingerprint density at radius 1 is 1.10 bits per heavy atom. The molecule has 1 unspecified atom stereocenters. The third kappa shape index (κ3) is 4.39. The summed E-state index contributed by atoms with van der Waals surface area (Å²) in [5.74, 6) is -0.415. The molecule has 0 spiro atoms. The fraction of sp³-hybridized carbons (Fsp3) is 0.320. The van der Waals surface area contributed by atoms with Crippen molar-refractivity contribution < 1.29 is 9.59 Å². The minimum absolute atomic E-state index is 0.000729. The molecule has 1 N–H and O–H groups in total. The Balaban J connectivity index is 1.41. The molecular formula is C25H27N3O2S. The van der Waals surface area contributed by atoms with Gasteiger partial charge in [-0.1, -0.05) is 30.3 Å². The maximum atomic E-state index is 12.8. The van der Waals surface area contributed by atoms with Crippen molar-refractivity contribution in [2.75, 3.05) is 11.4 Å². The first-order valence-electron chi connectivity index (χ1n) is 10.5. The zero-order valence-electron chi connectivity index (χ0n) is 18.4. The van der Waals surface area contributed by atoms with E-state index in [1.165, 1.54) is 11.1 Å². The van der Waals surface area contributed by atoms with Crippen LogP contribution in [0, 0.1) is 33.6 Å². The van der Waals surface area contributed by atoms with Crippen molar-refractivity contribution in [2.45, 2.75) is 40.7 Å². The van der Waals surface area contributed by atoms with Gasteiger partial charge in [-0.15, -0.1) is 11.3 Å². The van der Waals surface area contributed by atoms with Gasteiger partial charge in [0.05, 0.1) is 18.2 Å². The number of thiazole rings is 1. The van der Waals surface area contributed by atoms with Crippen LogP contribution in [-0.2, 0) is 16.1 Å². The van der Waals surface area contributed by atoms with Crippen LogP contribution in [0.25, 0.3) is 10.6 Å². The number of carbonyl (C=O) groups excluding carboxylic acids is 2. The Morgan fingerprint density at radius 2 is 1.87 bits per heavy atom. The molecule has 4 rings (SSSR count). The molecule has 31 heavy (non-hydrogen) atoms. The molecule has 5 nitrogen and oxygen atoms in total. The highest BCUT2D eigenvalue weighted by Crippen LogP contribution is 2.31. The first-order valence-corrected chi connectivity index (χ1v) is 11.3. The Bertz CT molecular complexity index is 1150. The number of rotatable bonds is 5. The van der Waals surface area contributed by atoms with E-state index in [0.717, 1.165) is 32.4 Å². The SMILES string of the molecule is Cc1ccc(N2CC(C(=O)NCc3sc(-c4ccccc4C)nc3C)CC2=O)cc1C. The molecule has 2 amide bonds. The lowest BCUT2D eigenvalue weighted by molar-refractivity contribution is -0.126. The largest absolute Gasteiger partial charge is 0.351 e. The van der Waals surface area contributed by atoms with Crippen molar-refractivity contribution in [1.82, 2.24) is 10.3 Å². The number of amides is 2. The Kier molecular flexibility index (Phi) is 5.92. The van der Waals surface area contributed by atoms with E-state index in [9.17, 15) is 9.59 Å². The van der Waals surface area contributed by atoms with Gasteiger partial charge in [-0.2, -0.15) is 0 Å². The van der Waals surface area contributed by atoms with Gasteiger partial charge in [-0.05, 0) is 56.5 Å². The highest BCUT2D eigenvalue weighted by Gasteiger charge is 2.35. The minimum Gasteiger partial charge on any atom is -0.351 e. The van der Waals surface area contributed by atoms with Gasteiger partial charge < -0.3 is 10.2 Å². The Morgan fingerprint density at radius 3 is 2.61 bits per heavy atom. The summed E-state index contributed by atoms with van der Waals surface area (Å²) in [6, 6.07) is 14.2. The molecule has 2 aromatic carbocycles. The maximum absolute atomic E-state index is 12.8. The van der Waals surface area contributed by atoms with Crippen LogP contribution in [0.1, 0.15) is 33.7 Å². The summed E-state index contributed by atoms with van der Waals surface area (Å²) in [5.41, 5.74) is 6.44. The molecule has 0 aliphatic carbocycles. The van der Waals surface area contributed by atoms with E-state index in [4.69, 9.17) is 4.98 Å². The number of aromatic nitrogens is 1. The molecule has 1 saturated heterocycles. The van der Waals surface area contributed by atoms with Gasteiger partial charge in [-0.25, -0.2) is 4.98 Å². The van der Waals surface area contributed by atoms with Crippen LogP contribution >= 0.6 is 11.3 Å². The van der Waals surface area contributed by atoms with Crippen LogP contribution < -0.4 is 10.2 Å². The van der Waals surface area contributed by atoms with Gasteiger partial charge in [0.2, 0.25) is 11.8 Å². The molecule has 1 fully saturated rings. The number of hydrogen-bond donors (Lipinski definition) is 1. The van der Waals surface area contributed by atoms with Crippen molar-refractivity contribution in [3.63, 3.8) is 0 Å². The van der Waals surface area contributed by atoms with Gasteiger partial charge in [0, 0.05) is 29.1 Å². The molecule has 6 heteroatoms. The number of nitrogens with zero attached hydrogens (tertiary/aromatic N) is 2. The lowest BCUT2D eigenvalue weighted by atomic mass is 10.1. The third-order valence-corrected chi connectivity index (χ3v) is 7.18. The van der Waals surface area contributed by atoms with Crippen molar-refractivity contribution >= 4 is 28.8 Å². The zero-order chi connectivity index (χ0) is 22.1. The minimum atomic E-state index is -0.335. The quantitative estimate of drug-likeness (QED) is 0.634. The number of benzene rings is 2. The first kappa shape index (κ1) is 21.2. The summed E-state index contributed by atoms with van der Waals surface area (Å²) in [6.07, 6.45) is 0.245. The number of hydrogen-bond acceptors (Lipinski definition) is 4. The highest BCUT2D eigenvalue weighted by molar-refractivity contribution is 7.15. The van der Waals surface area contributed by atoms with Gasteiger partial charge in [0.25, 0.3) is 0 Å². The first-order chi connectivity index (χ1) is 14.8. The lowest BCUT2D eigenvalue weighted by Gasteiger charge is -2.18. The zero-order valence-corrected chi connectivity index (χ0v) is 19.2. The van der Waals surface area contributed by atoms with E-state index < -0.39 is 0 Å². The fourth-order valence-corrected chi connectivity index (χ4v) is 4.95. The van der Waals surface area contributed by atoms with Gasteiger partial charge in [0.15, 0.2) is 0 Å². The van der Waals surface area contributed by atoms with E-state index >= 15 is 0 Å². The van der Waals surface area contributed by atoms with Gasteiger partial charge >= 0.3 is 0 Å². The lowest BCUT2D eigenvalue weighted by Crippen LogP contribution is -2.32. The second kappa shape index (κ2) is 8.63. The monoisotopic (exact) mass is 433 g/mol. The van der Waals surface area contributed by atoms with Crippen LogP contribution in [0.5, 0.6) is 0 Å². The summed E-state index contributed by atoms with van der Waals surface area (Å²) < 4.78 is 0. The number of aryl methyl sites for hydroxylation is 4. The topological polar surface area (TPSA) is 62.3 Å². The molecule has 0 bridgehead atoms.